The maximum absolute atomic E-state index is 12.4. The Kier molecular flexibility index (Phi) is 10.2. The molecular formula is C24H35N3O5. The summed E-state index contributed by atoms with van der Waals surface area (Å²) in [5.41, 5.74) is 1.25. The van der Waals surface area contributed by atoms with E-state index in [1.807, 2.05) is 6.07 Å². The molecule has 2 aromatic rings. The van der Waals surface area contributed by atoms with Crippen molar-refractivity contribution in [3.8, 4) is 23.0 Å². The van der Waals surface area contributed by atoms with E-state index >= 15 is 0 Å². The Morgan fingerprint density at radius 1 is 1.12 bits per heavy atom. The van der Waals surface area contributed by atoms with E-state index in [1.54, 1.807) is 33.3 Å². The molecule has 32 heavy (non-hydrogen) atoms. The van der Waals surface area contributed by atoms with E-state index in [1.165, 1.54) is 12.8 Å². The van der Waals surface area contributed by atoms with Crippen molar-refractivity contribution in [2.75, 3.05) is 40.9 Å². The van der Waals surface area contributed by atoms with Crippen LogP contribution in [0, 0.1) is 6.92 Å². The summed E-state index contributed by atoms with van der Waals surface area (Å²) in [6.45, 7) is 6.48. The number of rotatable bonds is 14. The van der Waals surface area contributed by atoms with Gasteiger partial charge in [-0.2, -0.15) is 0 Å². The summed E-state index contributed by atoms with van der Waals surface area (Å²) in [4.78, 5) is 31.2. The van der Waals surface area contributed by atoms with Crippen LogP contribution in [0.25, 0.3) is 11.5 Å². The molecule has 0 aliphatic rings. The van der Waals surface area contributed by atoms with Crippen molar-refractivity contribution in [1.29, 1.82) is 0 Å². The fraction of sp³-hybridized carbons (Fsp3) is 0.542. The number of hydrogen-bond donors (Lipinski definition) is 1. The zero-order valence-electron chi connectivity index (χ0n) is 19.8. The number of ketones is 1. The fourth-order valence-electron chi connectivity index (χ4n) is 3.29. The second kappa shape index (κ2) is 12.9. The Labute approximate surface area is 190 Å². The lowest BCUT2D eigenvalue weighted by Crippen LogP contribution is -2.30. The van der Waals surface area contributed by atoms with Gasteiger partial charge in [-0.25, -0.2) is 4.98 Å². The summed E-state index contributed by atoms with van der Waals surface area (Å²) in [6, 6.07) is 5.35. The number of Topliss-reactive ketones (excluding diaryl/α,β-unsaturated/α-hetero) is 1. The number of nitrogens with zero attached hydrogens (tertiary/aromatic N) is 2. The van der Waals surface area contributed by atoms with Crippen LogP contribution in [0.2, 0.25) is 0 Å². The minimum atomic E-state index is -0.257. The fourth-order valence-corrected chi connectivity index (χ4v) is 3.29. The van der Waals surface area contributed by atoms with Crippen molar-refractivity contribution in [1.82, 2.24) is 15.2 Å². The molecule has 0 radical (unpaired) electrons. The minimum Gasteiger partial charge on any atom is -0.493 e. The highest BCUT2D eigenvalue weighted by molar-refractivity contribution is 5.98. The predicted molar refractivity (Wildman–Crippen MR) is 123 cm³/mol. The lowest BCUT2D eigenvalue weighted by Gasteiger charge is -2.15. The van der Waals surface area contributed by atoms with E-state index in [-0.39, 0.29) is 24.5 Å². The second-order valence-electron chi connectivity index (χ2n) is 7.84. The molecule has 1 aromatic carbocycles. The first-order valence-electron chi connectivity index (χ1n) is 11.0. The largest absolute Gasteiger partial charge is 0.493 e. The smallest absolute Gasteiger partial charge is 0.227 e. The number of aromatic nitrogens is 1. The summed E-state index contributed by atoms with van der Waals surface area (Å²) in [5.74, 6) is 1.66. The Morgan fingerprint density at radius 3 is 2.53 bits per heavy atom. The van der Waals surface area contributed by atoms with E-state index in [9.17, 15) is 9.59 Å². The van der Waals surface area contributed by atoms with Crippen LogP contribution in [0.3, 0.4) is 0 Å². The van der Waals surface area contributed by atoms with Gasteiger partial charge in [0.05, 0.1) is 32.8 Å². The van der Waals surface area contributed by atoms with Crippen molar-refractivity contribution >= 4 is 11.7 Å². The van der Waals surface area contributed by atoms with Gasteiger partial charge in [-0.3, -0.25) is 9.59 Å². The third-order valence-electron chi connectivity index (χ3n) is 5.18. The van der Waals surface area contributed by atoms with E-state index in [2.05, 4.69) is 29.2 Å². The van der Waals surface area contributed by atoms with Crippen LogP contribution in [0.4, 0.5) is 0 Å². The highest BCUT2D eigenvalue weighted by Crippen LogP contribution is 2.32. The number of amides is 1. The number of oxazole rings is 1. The van der Waals surface area contributed by atoms with Crippen LogP contribution in [-0.4, -0.2) is 62.5 Å². The van der Waals surface area contributed by atoms with Gasteiger partial charge in [-0.15, -0.1) is 0 Å². The van der Waals surface area contributed by atoms with E-state index < -0.39 is 0 Å². The monoisotopic (exact) mass is 445 g/mol. The quantitative estimate of drug-likeness (QED) is 0.352. The number of carbonyl (C=O) groups excluding carboxylic acids is 2. The van der Waals surface area contributed by atoms with Crippen LogP contribution in [0.1, 0.15) is 44.1 Å². The highest BCUT2D eigenvalue weighted by atomic mass is 16.5. The van der Waals surface area contributed by atoms with Crippen LogP contribution in [0.5, 0.6) is 11.5 Å². The molecule has 1 N–H and O–H groups in total. The summed E-state index contributed by atoms with van der Waals surface area (Å²) < 4.78 is 16.3. The molecule has 0 saturated carbocycles. The molecule has 2 rings (SSSR count). The highest BCUT2D eigenvalue weighted by Gasteiger charge is 2.18. The molecular weight excluding hydrogens is 410 g/mol. The third kappa shape index (κ3) is 7.67. The molecule has 0 atom stereocenters. The molecule has 0 aliphatic carbocycles. The van der Waals surface area contributed by atoms with Crippen molar-refractivity contribution in [3.63, 3.8) is 0 Å². The molecule has 8 heteroatoms. The molecule has 0 bridgehead atoms. The van der Waals surface area contributed by atoms with Crippen molar-refractivity contribution in [2.45, 2.75) is 46.0 Å². The van der Waals surface area contributed by atoms with Gasteiger partial charge in [0.25, 0.3) is 0 Å². The molecule has 176 valence electrons. The Hall–Kier alpha value is -2.87. The normalized spacial score (nSPS) is 10.9. The molecule has 0 spiro atoms. The number of benzene rings is 1. The van der Waals surface area contributed by atoms with Gasteiger partial charge in [-0.05, 0) is 58.1 Å². The summed E-state index contributed by atoms with van der Waals surface area (Å²) in [6.07, 6.45) is 3.09. The lowest BCUT2D eigenvalue weighted by molar-refractivity contribution is -0.127. The van der Waals surface area contributed by atoms with Crippen LogP contribution < -0.4 is 14.8 Å². The minimum absolute atomic E-state index is 0.0514. The number of methoxy groups -OCH3 is 2. The first kappa shape index (κ1) is 25.4. The maximum Gasteiger partial charge on any atom is 0.227 e. The first-order chi connectivity index (χ1) is 15.4. The van der Waals surface area contributed by atoms with Crippen molar-refractivity contribution in [3.05, 3.63) is 29.7 Å². The lowest BCUT2D eigenvalue weighted by atomic mass is 10.1. The average molecular weight is 446 g/mol. The molecule has 0 aliphatic heterocycles. The van der Waals surface area contributed by atoms with Gasteiger partial charge in [0, 0.05) is 12.1 Å². The standard InChI is InChI=1S/C24H35N3O5/c1-6-7-12-27(3)13-8-11-25-23(29)16-19(28)15-20-17(2)32-24(26-20)18-9-10-21(30-4)22(14-18)31-5/h9-10,14H,6-8,11-13,15-16H2,1-5H3,(H,25,29). The van der Waals surface area contributed by atoms with Crippen LogP contribution in [-0.2, 0) is 16.0 Å². The third-order valence-corrected chi connectivity index (χ3v) is 5.18. The zero-order valence-corrected chi connectivity index (χ0v) is 19.8. The SMILES string of the molecule is CCCCN(C)CCCNC(=O)CC(=O)Cc1nc(-c2ccc(OC)c(OC)c2)oc1C. The maximum atomic E-state index is 12.4. The van der Waals surface area contributed by atoms with Gasteiger partial charge < -0.3 is 24.1 Å². The van der Waals surface area contributed by atoms with E-state index in [4.69, 9.17) is 13.9 Å². The first-order valence-corrected chi connectivity index (χ1v) is 11.0. The molecule has 0 fully saturated rings. The number of nitrogens with one attached hydrogen (secondary N) is 1. The molecule has 1 aromatic heterocycles. The Bertz CT molecular complexity index is 894. The van der Waals surface area contributed by atoms with Gasteiger partial charge in [0.2, 0.25) is 11.8 Å². The molecule has 1 amide bonds. The average Bonchev–Trinajstić information content (AvgIpc) is 3.14. The van der Waals surface area contributed by atoms with Crippen molar-refractivity contribution < 1.29 is 23.5 Å². The Morgan fingerprint density at radius 2 is 1.84 bits per heavy atom. The summed E-state index contributed by atoms with van der Waals surface area (Å²) in [7, 11) is 5.21. The number of hydrogen-bond acceptors (Lipinski definition) is 7. The zero-order chi connectivity index (χ0) is 23.5. The predicted octanol–water partition coefficient (Wildman–Crippen LogP) is 3.41. The van der Waals surface area contributed by atoms with E-state index in [0.717, 1.165) is 19.5 Å². The molecule has 0 unspecified atom stereocenters. The molecule has 1 heterocycles. The number of aryl methyl sites for hydroxylation is 1. The second-order valence-corrected chi connectivity index (χ2v) is 7.84. The van der Waals surface area contributed by atoms with Crippen LogP contribution in [0.15, 0.2) is 22.6 Å². The molecule has 0 saturated heterocycles. The van der Waals surface area contributed by atoms with E-state index in [0.29, 0.717) is 41.0 Å². The van der Waals surface area contributed by atoms with Crippen molar-refractivity contribution in [2.24, 2.45) is 0 Å². The van der Waals surface area contributed by atoms with Gasteiger partial charge in [-0.1, -0.05) is 13.3 Å². The van der Waals surface area contributed by atoms with Gasteiger partial charge in [0.1, 0.15) is 11.5 Å². The Balaban J connectivity index is 1.85. The van der Waals surface area contributed by atoms with Gasteiger partial charge in [0.15, 0.2) is 11.5 Å². The number of ether oxygens (including phenoxy) is 2. The van der Waals surface area contributed by atoms with Gasteiger partial charge >= 0.3 is 0 Å². The number of carbonyl (C=O) groups is 2. The summed E-state index contributed by atoms with van der Waals surface area (Å²) in [5, 5.41) is 2.82. The number of unbranched alkanes of at least 4 members (excludes halogenated alkanes) is 1. The van der Waals surface area contributed by atoms with Crippen LogP contribution >= 0.6 is 0 Å². The molecule has 8 nitrogen and oxygen atoms in total. The summed E-state index contributed by atoms with van der Waals surface area (Å²) >= 11 is 0. The topological polar surface area (TPSA) is 93.9 Å².